The SMILES string of the molecule is COc1ccc(-n2c(C)nnc2SCC(=O)N(C)Cc2ccc(Cl)nc2)cc1. The molecule has 0 N–H and O–H groups in total. The molecular formula is C19H20ClN5O2S. The maximum absolute atomic E-state index is 12.5. The molecule has 3 rings (SSSR count). The zero-order valence-electron chi connectivity index (χ0n) is 15.8. The van der Waals surface area contributed by atoms with Crippen LogP contribution in [0.2, 0.25) is 5.15 Å². The van der Waals surface area contributed by atoms with Gasteiger partial charge in [0.05, 0.1) is 12.9 Å². The number of amides is 1. The third-order valence-electron chi connectivity index (χ3n) is 4.08. The van der Waals surface area contributed by atoms with Gasteiger partial charge in [-0.15, -0.1) is 10.2 Å². The van der Waals surface area contributed by atoms with Crippen LogP contribution in [0.15, 0.2) is 47.8 Å². The number of carbonyl (C=O) groups is 1. The summed E-state index contributed by atoms with van der Waals surface area (Å²) >= 11 is 7.15. The smallest absolute Gasteiger partial charge is 0.233 e. The minimum absolute atomic E-state index is 0.0121. The third-order valence-corrected chi connectivity index (χ3v) is 5.22. The molecule has 0 bridgehead atoms. The van der Waals surface area contributed by atoms with Gasteiger partial charge in [0.2, 0.25) is 5.91 Å². The third kappa shape index (κ3) is 4.82. The van der Waals surface area contributed by atoms with E-state index in [0.717, 1.165) is 22.8 Å². The second-order valence-electron chi connectivity index (χ2n) is 6.09. The Morgan fingerprint density at radius 3 is 2.61 bits per heavy atom. The number of methoxy groups -OCH3 is 1. The summed E-state index contributed by atoms with van der Waals surface area (Å²) in [5.74, 6) is 1.77. The molecule has 0 saturated heterocycles. The van der Waals surface area contributed by atoms with E-state index in [0.29, 0.717) is 16.9 Å². The van der Waals surface area contributed by atoms with Gasteiger partial charge >= 0.3 is 0 Å². The number of carbonyl (C=O) groups excluding carboxylic acids is 1. The first-order valence-electron chi connectivity index (χ1n) is 8.51. The number of benzene rings is 1. The van der Waals surface area contributed by atoms with Crippen molar-refractivity contribution in [1.82, 2.24) is 24.6 Å². The number of pyridine rings is 1. The molecule has 28 heavy (non-hydrogen) atoms. The van der Waals surface area contributed by atoms with Crippen LogP contribution in [0.4, 0.5) is 0 Å². The van der Waals surface area contributed by atoms with Gasteiger partial charge in [-0.1, -0.05) is 29.4 Å². The first-order chi connectivity index (χ1) is 13.5. The molecule has 1 amide bonds. The topological polar surface area (TPSA) is 73.1 Å². The van der Waals surface area contributed by atoms with E-state index in [1.54, 1.807) is 31.3 Å². The lowest BCUT2D eigenvalue weighted by Gasteiger charge is -2.17. The van der Waals surface area contributed by atoms with E-state index in [9.17, 15) is 4.79 Å². The molecule has 0 unspecified atom stereocenters. The van der Waals surface area contributed by atoms with E-state index in [1.807, 2.05) is 41.8 Å². The number of ether oxygens (including phenoxy) is 1. The van der Waals surface area contributed by atoms with Crippen LogP contribution in [0.25, 0.3) is 5.69 Å². The predicted molar refractivity (Wildman–Crippen MR) is 109 cm³/mol. The zero-order valence-corrected chi connectivity index (χ0v) is 17.4. The Labute approximate surface area is 172 Å². The number of hydrogen-bond acceptors (Lipinski definition) is 6. The van der Waals surface area contributed by atoms with Crippen LogP contribution in [0.5, 0.6) is 5.75 Å². The molecule has 0 fully saturated rings. The molecule has 7 nitrogen and oxygen atoms in total. The highest BCUT2D eigenvalue weighted by molar-refractivity contribution is 7.99. The van der Waals surface area contributed by atoms with E-state index in [2.05, 4.69) is 15.2 Å². The number of aromatic nitrogens is 4. The fourth-order valence-electron chi connectivity index (χ4n) is 2.56. The molecule has 0 radical (unpaired) electrons. The van der Waals surface area contributed by atoms with Crippen molar-refractivity contribution in [2.24, 2.45) is 0 Å². The Balaban J connectivity index is 1.65. The van der Waals surface area contributed by atoms with Gasteiger partial charge in [-0.05, 0) is 42.8 Å². The largest absolute Gasteiger partial charge is 0.497 e. The number of hydrogen-bond donors (Lipinski definition) is 0. The Kier molecular flexibility index (Phi) is 6.53. The molecule has 0 saturated carbocycles. The monoisotopic (exact) mass is 417 g/mol. The van der Waals surface area contributed by atoms with Crippen molar-refractivity contribution in [1.29, 1.82) is 0 Å². The molecule has 3 aromatic rings. The first-order valence-corrected chi connectivity index (χ1v) is 9.88. The standard InChI is InChI=1S/C19H20ClN5O2S/c1-13-22-23-19(25(13)15-5-7-16(27-3)8-6-15)28-12-18(26)24(2)11-14-4-9-17(20)21-10-14/h4-10H,11-12H2,1-3H3. The van der Waals surface area contributed by atoms with E-state index in [1.165, 1.54) is 11.8 Å². The fourth-order valence-corrected chi connectivity index (χ4v) is 3.61. The quantitative estimate of drug-likeness (QED) is 0.433. The lowest BCUT2D eigenvalue weighted by Crippen LogP contribution is -2.28. The van der Waals surface area contributed by atoms with Crippen molar-refractivity contribution in [2.75, 3.05) is 19.9 Å². The summed E-state index contributed by atoms with van der Waals surface area (Å²) in [5.41, 5.74) is 1.83. The first kappa shape index (κ1) is 20.2. The molecule has 2 heterocycles. The maximum Gasteiger partial charge on any atom is 0.233 e. The van der Waals surface area contributed by atoms with Crippen molar-refractivity contribution >= 4 is 29.3 Å². The summed E-state index contributed by atoms with van der Waals surface area (Å²) in [6, 6.07) is 11.2. The average Bonchev–Trinajstić information content (AvgIpc) is 3.08. The Morgan fingerprint density at radius 2 is 1.96 bits per heavy atom. The molecule has 0 spiro atoms. The van der Waals surface area contributed by atoms with Crippen LogP contribution in [0.3, 0.4) is 0 Å². The Hall–Kier alpha value is -2.58. The Bertz CT molecular complexity index is 944. The van der Waals surface area contributed by atoms with Crippen LogP contribution < -0.4 is 4.74 Å². The van der Waals surface area contributed by atoms with Gasteiger partial charge < -0.3 is 9.64 Å². The minimum Gasteiger partial charge on any atom is -0.497 e. The van der Waals surface area contributed by atoms with Crippen LogP contribution in [-0.4, -0.2) is 50.5 Å². The lowest BCUT2D eigenvalue weighted by molar-refractivity contribution is -0.127. The van der Waals surface area contributed by atoms with Gasteiger partial charge in [-0.3, -0.25) is 9.36 Å². The minimum atomic E-state index is -0.0121. The summed E-state index contributed by atoms with van der Waals surface area (Å²) in [5, 5.41) is 9.45. The van der Waals surface area contributed by atoms with Gasteiger partial charge in [0.1, 0.15) is 16.7 Å². The van der Waals surface area contributed by atoms with E-state index in [4.69, 9.17) is 16.3 Å². The summed E-state index contributed by atoms with van der Waals surface area (Å²) in [6.07, 6.45) is 1.67. The normalized spacial score (nSPS) is 10.7. The highest BCUT2D eigenvalue weighted by Gasteiger charge is 2.16. The van der Waals surface area contributed by atoms with E-state index in [-0.39, 0.29) is 11.7 Å². The fraction of sp³-hybridized carbons (Fsp3) is 0.263. The van der Waals surface area contributed by atoms with E-state index >= 15 is 0 Å². The molecule has 0 aliphatic heterocycles. The predicted octanol–water partition coefficient (Wildman–Crippen LogP) is 3.38. The molecule has 0 atom stereocenters. The summed E-state index contributed by atoms with van der Waals surface area (Å²) in [6.45, 7) is 2.34. The van der Waals surface area contributed by atoms with Crippen LogP contribution in [0.1, 0.15) is 11.4 Å². The highest BCUT2D eigenvalue weighted by atomic mass is 35.5. The van der Waals surface area contributed by atoms with Crippen molar-refractivity contribution in [3.63, 3.8) is 0 Å². The average molecular weight is 418 g/mol. The molecule has 2 aromatic heterocycles. The summed E-state index contributed by atoms with van der Waals surface area (Å²) in [7, 11) is 3.39. The molecule has 0 aliphatic carbocycles. The number of rotatable bonds is 7. The highest BCUT2D eigenvalue weighted by Crippen LogP contribution is 2.23. The second kappa shape index (κ2) is 9.07. The maximum atomic E-state index is 12.5. The number of halogens is 1. The molecule has 1 aromatic carbocycles. The van der Waals surface area contributed by atoms with Crippen molar-refractivity contribution in [2.45, 2.75) is 18.6 Å². The summed E-state index contributed by atoms with van der Waals surface area (Å²) in [4.78, 5) is 18.2. The number of aryl methyl sites for hydroxylation is 1. The van der Waals surface area contributed by atoms with Crippen molar-refractivity contribution in [3.8, 4) is 11.4 Å². The number of thioether (sulfide) groups is 1. The van der Waals surface area contributed by atoms with Gasteiger partial charge in [-0.2, -0.15) is 0 Å². The number of nitrogens with zero attached hydrogens (tertiary/aromatic N) is 5. The van der Waals surface area contributed by atoms with E-state index < -0.39 is 0 Å². The van der Waals surface area contributed by atoms with Gasteiger partial charge in [0, 0.05) is 25.5 Å². The Morgan fingerprint density at radius 1 is 1.21 bits per heavy atom. The molecule has 146 valence electrons. The van der Waals surface area contributed by atoms with Gasteiger partial charge in [-0.25, -0.2) is 4.98 Å². The molecule has 9 heteroatoms. The van der Waals surface area contributed by atoms with Gasteiger partial charge in [0.15, 0.2) is 5.16 Å². The van der Waals surface area contributed by atoms with Crippen LogP contribution >= 0.6 is 23.4 Å². The van der Waals surface area contributed by atoms with Crippen molar-refractivity contribution < 1.29 is 9.53 Å². The molecular weight excluding hydrogens is 398 g/mol. The summed E-state index contributed by atoms with van der Waals surface area (Å²) < 4.78 is 7.12. The van der Waals surface area contributed by atoms with Crippen molar-refractivity contribution in [3.05, 3.63) is 59.1 Å². The van der Waals surface area contributed by atoms with Gasteiger partial charge in [0.25, 0.3) is 0 Å². The zero-order chi connectivity index (χ0) is 20.1. The lowest BCUT2D eigenvalue weighted by atomic mass is 10.3. The van der Waals surface area contributed by atoms with Crippen LogP contribution in [0, 0.1) is 6.92 Å². The molecule has 0 aliphatic rings. The van der Waals surface area contributed by atoms with Crippen LogP contribution in [-0.2, 0) is 11.3 Å². The second-order valence-corrected chi connectivity index (χ2v) is 7.42.